The van der Waals surface area contributed by atoms with E-state index >= 15 is 0 Å². The van der Waals surface area contributed by atoms with E-state index in [9.17, 15) is 0 Å². The van der Waals surface area contributed by atoms with Crippen molar-refractivity contribution in [1.82, 2.24) is 0 Å². The highest BCUT2D eigenvalue weighted by molar-refractivity contribution is 4.62. The van der Waals surface area contributed by atoms with E-state index in [-0.39, 0.29) is 0 Å². The molecular formula is C11H24O2. The number of hydrogen-bond donors (Lipinski definition) is 0. The second-order valence-electron chi connectivity index (χ2n) is 3.58. The fourth-order valence-corrected chi connectivity index (χ4v) is 1.35. The maximum atomic E-state index is 5.63. The minimum atomic E-state index is 0.408. The Morgan fingerprint density at radius 3 is 2.23 bits per heavy atom. The second kappa shape index (κ2) is 8.52. The zero-order valence-corrected chi connectivity index (χ0v) is 9.51. The molecule has 0 aliphatic rings. The Morgan fingerprint density at radius 1 is 1.08 bits per heavy atom. The summed E-state index contributed by atoms with van der Waals surface area (Å²) in [5, 5.41) is 0. The van der Waals surface area contributed by atoms with Crippen LogP contribution >= 0.6 is 0 Å². The van der Waals surface area contributed by atoms with Crippen LogP contribution in [0.1, 0.15) is 40.5 Å². The first-order valence-electron chi connectivity index (χ1n) is 5.41. The molecule has 0 rings (SSSR count). The Bertz CT molecular complexity index is 102. The molecule has 0 spiro atoms. The molecule has 1 atom stereocenters. The molecule has 13 heavy (non-hydrogen) atoms. The van der Waals surface area contributed by atoms with Gasteiger partial charge in [-0.3, -0.25) is 0 Å². The highest BCUT2D eigenvalue weighted by atomic mass is 16.5. The molecule has 2 heteroatoms. The third kappa shape index (κ3) is 7.03. The molecule has 0 fully saturated rings. The van der Waals surface area contributed by atoms with Crippen molar-refractivity contribution in [3.63, 3.8) is 0 Å². The van der Waals surface area contributed by atoms with E-state index in [0.29, 0.717) is 12.0 Å². The average Bonchev–Trinajstić information content (AvgIpc) is 2.10. The summed E-state index contributed by atoms with van der Waals surface area (Å²) in [6.45, 7) is 11.0. The van der Waals surface area contributed by atoms with Gasteiger partial charge in [0.2, 0.25) is 0 Å². The second-order valence-corrected chi connectivity index (χ2v) is 3.58. The number of ether oxygens (including phenoxy) is 2. The van der Waals surface area contributed by atoms with Crippen LogP contribution in [0.2, 0.25) is 0 Å². The van der Waals surface area contributed by atoms with E-state index in [1.165, 1.54) is 0 Å². The molecule has 2 nitrogen and oxygen atoms in total. The Labute approximate surface area is 82.6 Å². The predicted molar refractivity (Wildman–Crippen MR) is 56.0 cm³/mol. The fourth-order valence-electron chi connectivity index (χ4n) is 1.35. The zero-order valence-electron chi connectivity index (χ0n) is 9.51. The van der Waals surface area contributed by atoms with Crippen molar-refractivity contribution < 1.29 is 9.47 Å². The van der Waals surface area contributed by atoms with E-state index in [2.05, 4.69) is 20.8 Å². The minimum absolute atomic E-state index is 0.408. The van der Waals surface area contributed by atoms with Crippen LogP contribution in [-0.4, -0.2) is 25.9 Å². The van der Waals surface area contributed by atoms with Crippen molar-refractivity contribution in [1.29, 1.82) is 0 Å². The van der Waals surface area contributed by atoms with E-state index in [4.69, 9.17) is 9.47 Å². The summed E-state index contributed by atoms with van der Waals surface area (Å²) in [5.74, 6) is 0.613. The van der Waals surface area contributed by atoms with Crippen LogP contribution in [0.3, 0.4) is 0 Å². The molecular weight excluding hydrogens is 164 g/mol. The molecule has 0 amide bonds. The summed E-state index contributed by atoms with van der Waals surface area (Å²) in [5.41, 5.74) is 0. The first-order chi connectivity index (χ1) is 6.22. The van der Waals surface area contributed by atoms with Crippen LogP contribution < -0.4 is 0 Å². The molecule has 0 saturated heterocycles. The van der Waals surface area contributed by atoms with E-state index < -0.39 is 0 Å². The highest BCUT2D eigenvalue weighted by Gasteiger charge is 2.12. The predicted octanol–water partition coefficient (Wildman–Crippen LogP) is 2.86. The van der Waals surface area contributed by atoms with Gasteiger partial charge in [-0.2, -0.15) is 0 Å². The van der Waals surface area contributed by atoms with E-state index in [1.807, 2.05) is 6.92 Å². The summed E-state index contributed by atoms with van der Waals surface area (Å²) in [6.07, 6.45) is 2.63. The van der Waals surface area contributed by atoms with Crippen LogP contribution in [0.5, 0.6) is 0 Å². The summed E-state index contributed by atoms with van der Waals surface area (Å²) in [4.78, 5) is 0. The van der Waals surface area contributed by atoms with Gasteiger partial charge in [-0.25, -0.2) is 0 Å². The molecule has 0 heterocycles. The lowest BCUT2D eigenvalue weighted by atomic mass is 10.0. The van der Waals surface area contributed by atoms with Crippen LogP contribution in [0.15, 0.2) is 0 Å². The first kappa shape index (κ1) is 12.9. The van der Waals surface area contributed by atoms with Crippen LogP contribution in [0.4, 0.5) is 0 Å². The molecule has 0 bridgehead atoms. The average molecular weight is 188 g/mol. The molecule has 0 aliphatic carbocycles. The van der Waals surface area contributed by atoms with Gasteiger partial charge in [-0.15, -0.1) is 0 Å². The van der Waals surface area contributed by atoms with Crippen molar-refractivity contribution >= 4 is 0 Å². The fraction of sp³-hybridized carbons (Fsp3) is 1.00. The quantitative estimate of drug-likeness (QED) is 0.545. The Morgan fingerprint density at radius 2 is 1.77 bits per heavy atom. The van der Waals surface area contributed by atoms with Gasteiger partial charge in [-0.1, -0.05) is 13.8 Å². The largest absolute Gasteiger partial charge is 0.382 e. The van der Waals surface area contributed by atoms with E-state index in [0.717, 1.165) is 32.7 Å². The van der Waals surface area contributed by atoms with Crippen molar-refractivity contribution in [3.05, 3.63) is 0 Å². The molecule has 80 valence electrons. The molecule has 0 aromatic heterocycles. The van der Waals surface area contributed by atoms with Crippen LogP contribution in [0.25, 0.3) is 0 Å². The number of hydrogen-bond acceptors (Lipinski definition) is 2. The zero-order chi connectivity index (χ0) is 10.1. The smallest absolute Gasteiger partial charge is 0.0598 e. The van der Waals surface area contributed by atoms with Crippen molar-refractivity contribution in [2.75, 3.05) is 19.8 Å². The van der Waals surface area contributed by atoms with Gasteiger partial charge in [0.05, 0.1) is 6.10 Å². The lowest BCUT2D eigenvalue weighted by molar-refractivity contribution is 0.0171. The van der Waals surface area contributed by atoms with Crippen molar-refractivity contribution in [3.8, 4) is 0 Å². The van der Waals surface area contributed by atoms with Gasteiger partial charge in [0, 0.05) is 19.8 Å². The lowest BCUT2D eigenvalue weighted by Crippen LogP contribution is -2.20. The summed E-state index contributed by atoms with van der Waals surface area (Å²) >= 11 is 0. The summed E-state index contributed by atoms with van der Waals surface area (Å²) in [6, 6.07) is 0. The molecule has 0 aromatic carbocycles. The van der Waals surface area contributed by atoms with Crippen molar-refractivity contribution in [2.24, 2.45) is 5.92 Å². The molecule has 0 aromatic rings. The Balaban J connectivity index is 3.45. The highest BCUT2D eigenvalue weighted by Crippen LogP contribution is 2.12. The molecule has 0 saturated carbocycles. The maximum absolute atomic E-state index is 5.63. The molecule has 0 N–H and O–H groups in total. The third-order valence-corrected chi connectivity index (χ3v) is 2.11. The standard InChI is InChI=1S/C11H24O2/c1-5-12-9-7-8-11(10(3)4)13-6-2/h10-11H,5-9H2,1-4H3. The minimum Gasteiger partial charge on any atom is -0.382 e. The van der Waals surface area contributed by atoms with Gasteiger partial charge < -0.3 is 9.47 Å². The van der Waals surface area contributed by atoms with E-state index in [1.54, 1.807) is 0 Å². The molecule has 1 unspecified atom stereocenters. The van der Waals surface area contributed by atoms with Gasteiger partial charge in [0.25, 0.3) is 0 Å². The van der Waals surface area contributed by atoms with Gasteiger partial charge >= 0.3 is 0 Å². The topological polar surface area (TPSA) is 18.5 Å². The molecule has 0 radical (unpaired) electrons. The monoisotopic (exact) mass is 188 g/mol. The first-order valence-corrected chi connectivity index (χ1v) is 5.41. The summed E-state index contributed by atoms with van der Waals surface area (Å²) < 4.78 is 10.9. The van der Waals surface area contributed by atoms with Crippen LogP contribution in [-0.2, 0) is 9.47 Å². The van der Waals surface area contributed by atoms with Gasteiger partial charge in [0.1, 0.15) is 0 Å². The maximum Gasteiger partial charge on any atom is 0.0598 e. The van der Waals surface area contributed by atoms with Gasteiger partial charge in [-0.05, 0) is 32.6 Å². The molecule has 0 aliphatic heterocycles. The lowest BCUT2D eigenvalue weighted by Gasteiger charge is -2.20. The number of rotatable bonds is 8. The normalized spacial score (nSPS) is 13.6. The SMILES string of the molecule is CCOCCCC(OCC)C(C)C. The Kier molecular flexibility index (Phi) is 8.46. The Hall–Kier alpha value is -0.0800. The third-order valence-electron chi connectivity index (χ3n) is 2.11. The van der Waals surface area contributed by atoms with Crippen molar-refractivity contribution in [2.45, 2.75) is 46.6 Å². The van der Waals surface area contributed by atoms with Crippen LogP contribution in [0, 0.1) is 5.92 Å². The van der Waals surface area contributed by atoms with Gasteiger partial charge in [0.15, 0.2) is 0 Å². The summed E-state index contributed by atoms with van der Waals surface area (Å²) in [7, 11) is 0.